The Bertz CT molecular complexity index is 1560. The van der Waals surface area contributed by atoms with Crippen molar-refractivity contribution >= 4 is 39.1 Å². The van der Waals surface area contributed by atoms with Crippen LogP contribution in [0.5, 0.6) is 11.5 Å². The zero-order valence-electron chi connectivity index (χ0n) is 25.7. The number of rotatable bonds is 13. The van der Waals surface area contributed by atoms with Crippen molar-refractivity contribution in [3.8, 4) is 11.5 Å². The zero-order valence-corrected chi connectivity index (χ0v) is 27.2. The molecule has 3 aromatic rings. The van der Waals surface area contributed by atoms with Crippen LogP contribution in [0.15, 0.2) is 71.6 Å². The molecule has 2 amide bonds. The molecule has 12 heteroatoms. The van der Waals surface area contributed by atoms with Crippen LogP contribution >= 0.6 is 11.6 Å². The van der Waals surface area contributed by atoms with Crippen molar-refractivity contribution in [2.24, 2.45) is 0 Å². The van der Waals surface area contributed by atoms with E-state index < -0.39 is 34.3 Å². The van der Waals surface area contributed by atoms with Gasteiger partial charge in [0.25, 0.3) is 10.0 Å². The van der Waals surface area contributed by atoms with Gasteiger partial charge >= 0.3 is 0 Å². The van der Waals surface area contributed by atoms with Gasteiger partial charge in [0, 0.05) is 23.7 Å². The van der Waals surface area contributed by atoms with E-state index in [1.165, 1.54) is 49.5 Å². The van der Waals surface area contributed by atoms with E-state index in [2.05, 4.69) is 5.32 Å². The molecule has 0 spiro atoms. The summed E-state index contributed by atoms with van der Waals surface area (Å²) in [5, 5.41) is 3.63. The smallest absolute Gasteiger partial charge is 0.264 e. The van der Waals surface area contributed by atoms with Gasteiger partial charge in [0.05, 0.1) is 24.8 Å². The van der Waals surface area contributed by atoms with Crippen molar-refractivity contribution in [2.45, 2.75) is 69.0 Å². The van der Waals surface area contributed by atoms with Gasteiger partial charge in [-0.3, -0.25) is 13.9 Å². The SMILES string of the molecule is CC[C@H](C(=O)NC1CCCCC1)N(Cc1ccc(Cl)cc1)C(=O)CN(c1ccc(F)cc1)S(=O)(=O)c1ccc(OC)c(OC)c1. The number of amides is 2. The van der Waals surface area contributed by atoms with Gasteiger partial charge < -0.3 is 19.7 Å². The van der Waals surface area contributed by atoms with Gasteiger partial charge in [-0.15, -0.1) is 0 Å². The Labute approximate surface area is 269 Å². The second-order valence-corrected chi connectivity index (χ2v) is 13.2. The second-order valence-electron chi connectivity index (χ2n) is 10.9. The predicted octanol–water partition coefficient (Wildman–Crippen LogP) is 5.95. The molecule has 1 fully saturated rings. The summed E-state index contributed by atoms with van der Waals surface area (Å²) in [6, 6.07) is 15.0. The number of nitrogens with zero attached hydrogens (tertiary/aromatic N) is 2. The van der Waals surface area contributed by atoms with Gasteiger partial charge in [-0.05, 0) is 73.4 Å². The monoisotopic (exact) mass is 659 g/mol. The maximum Gasteiger partial charge on any atom is 0.264 e. The molecular formula is C33H39ClFN3O6S. The summed E-state index contributed by atoms with van der Waals surface area (Å²) in [6.07, 6.45) is 5.21. The van der Waals surface area contributed by atoms with Crippen LogP contribution in [0.3, 0.4) is 0 Å². The topological polar surface area (TPSA) is 105 Å². The second kappa shape index (κ2) is 15.4. The number of hydrogen-bond donors (Lipinski definition) is 1. The first-order chi connectivity index (χ1) is 21.6. The van der Waals surface area contributed by atoms with Crippen LogP contribution in [0.1, 0.15) is 51.0 Å². The lowest BCUT2D eigenvalue weighted by atomic mass is 9.95. The van der Waals surface area contributed by atoms with Crippen molar-refractivity contribution in [1.29, 1.82) is 0 Å². The Kier molecular flexibility index (Phi) is 11.7. The first-order valence-electron chi connectivity index (χ1n) is 14.9. The minimum Gasteiger partial charge on any atom is -0.493 e. The fourth-order valence-corrected chi connectivity index (χ4v) is 7.05. The molecule has 242 valence electrons. The third kappa shape index (κ3) is 8.46. The van der Waals surface area contributed by atoms with Crippen LogP contribution in [0, 0.1) is 5.82 Å². The quantitative estimate of drug-likeness (QED) is 0.243. The Hall–Kier alpha value is -3.83. The lowest BCUT2D eigenvalue weighted by Gasteiger charge is -2.34. The van der Waals surface area contributed by atoms with Crippen molar-refractivity contribution in [1.82, 2.24) is 10.2 Å². The lowest BCUT2D eigenvalue weighted by molar-refractivity contribution is -0.140. The van der Waals surface area contributed by atoms with E-state index >= 15 is 0 Å². The maximum atomic E-state index is 14.3. The zero-order chi connectivity index (χ0) is 32.6. The molecular weight excluding hydrogens is 621 g/mol. The fraction of sp³-hybridized carbons (Fsp3) is 0.394. The number of halogens is 2. The third-order valence-electron chi connectivity index (χ3n) is 7.94. The van der Waals surface area contributed by atoms with Gasteiger partial charge in [-0.2, -0.15) is 0 Å². The standard InChI is InChI=1S/C33H39ClFN3O6S/c1-4-29(33(40)36-26-8-6-5-7-9-26)37(21-23-10-12-24(34)13-11-23)32(39)22-38(27-16-14-25(35)15-17-27)45(41,42)28-18-19-30(43-2)31(20-28)44-3/h10-20,26,29H,4-9,21-22H2,1-3H3,(H,36,40)/t29-/m1/s1. The van der Waals surface area contributed by atoms with Crippen molar-refractivity contribution in [3.05, 3.63) is 83.1 Å². The number of benzene rings is 3. The molecule has 45 heavy (non-hydrogen) atoms. The molecule has 0 aromatic heterocycles. The fourth-order valence-electron chi connectivity index (χ4n) is 5.49. The summed E-state index contributed by atoms with van der Waals surface area (Å²) >= 11 is 6.09. The molecule has 1 N–H and O–H groups in total. The van der Waals surface area contributed by atoms with Crippen LogP contribution in [-0.2, 0) is 26.2 Å². The van der Waals surface area contributed by atoms with Gasteiger partial charge in [-0.1, -0.05) is 49.9 Å². The third-order valence-corrected chi connectivity index (χ3v) is 9.96. The molecule has 9 nitrogen and oxygen atoms in total. The number of nitrogens with one attached hydrogen (secondary N) is 1. The first kappa shape index (κ1) is 34.1. The van der Waals surface area contributed by atoms with Crippen molar-refractivity contribution in [2.75, 3.05) is 25.1 Å². The molecule has 1 atom stereocenters. The highest BCUT2D eigenvalue weighted by atomic mass is 35.5. The van der Waals surface area contributed by atoms with Crippen LogP contribution < -0.4 is 19.1 Å². The van der Waals surface area contributed by atoms with E-state index in [1.807, 2.05) is 6.92 Å². The average molecular weight is 660 g/mol. The molecule has 0 heterocycles. The number of methoxy groups -OCH3 is 2. The lowest BCUT2D eigenvalue weighted by Crippen LogP contribution is -2.54. The number of sulfonamides is 1. The number of anilines is 1. The predicted molar refractivity (Wildman–Crippen MR) is 172 cm³/mol. The Morgan fingerprint density at radius 3 is 2.20 bits per heavy atom. The minimum atomic E-state index is -4.40. The van der Waals surface area contributed by atoms with Gasteiger partial charge in [0.15, 0.2) is 11.5 Å². The van der Waals surface area contributed by atoms with Crippen molar-refractivity contribution < 1.29 is 31.9 Å². The van der Waals surface area contributed by atoms with E-state index in [9.17, 15) is 22.4 Å². The maximum absolute atomic E-state index is 14.3. The Balaban J connectivity index is 1.73. The molecule has 0 aliphatic heterocycles. The number of carbonyl (C=O) groups excluding carboxylic acids is 2. The minimum absolute atomic E-state index is 0.0222. The molecule has 0 radical (unpaired) electrons. The summed E-state index contributed by atoms with van der Waals surface area (Å²) in [5.74, 6) is -0.960. The van der Waals surface area contributed by atoms with E-state index in [0.29, 0.717) is 22.8 Å². The molecule has 4 rings (SSSR count). The molecule has 0 bridgehead atoms. The highest BCUT2D eigenvalue weighted by Crippen LogP contribution is 2.32. The van der Waals surface area contributed by atoms with Crippen LogP contribution in [0.2, 0.25) is 5.02 Å². The van der Waals surface area contributed by atoms with E-state index in [-0.39, 0.29) is 34.8 Å². The summed E-state index contributed by atoms with van der Waals surface area (Å²) in [4.78, 5) is 29.2. The molecule has 0 unspecified atom stereocenters. The van der Waals surface area contributed by atoms with E-state index in [0.717, 1.165) is 48.5 Å². The van der Waals surface area contributed by atoms with Gasteiger partial charge in [-0.25, -0.2) is 12.8 Å². The van der Waals surface area contributed by atoms with Gasteiger partial charge in [0.2, 0.25) is 11.8 Å². The van der Waals surface area contributed by atoms with E-state index in [1.54, 1.807) is 24.3 Å². The van der Waals surface area contributed by atoms with Crippen LogP contribution in [-0.4, -0.2) is 58.0 Å². The van der Waals surface area contributed by atoms with Gasteiger partial charge in [0.1, 0.15) is 18.4 Å². The molecule has 1 saturated carbocycles. The summed E-state index contributed by atoms with van der Waals surface area (Å²) in [5.41, 5.74) is 0.790. The number of ether oxygens (including phenoxy) is 2. The summed E-state index contributed by atoms with van der Waals surface area (Å²) in [7, 11) is -1.58. The Morgan fingerprint density at radius 2 is 1.60 bits per heavy atom. The van der Waals surface area contributed by atoms with Crippen LogP contribution in [0.4, 0.5) is 10.1 Å². The molecule has 1 aliphatic rings. The average Bonchev–Trinajstić information content (AvgIpc) is 3.04. The summed E-state index contributed by atoms with van der Waals surface area (Å²) < 4.78 is 53.7. The number of hydrogen-bond acceptors (Lipinski definition) is 6. The normalized spacial score (nSPS) is 14.3. The highest BCUT2D eigenvalue weighted by molar-refractivity contribution is 7.92. The summed E-state index contributed by atoms with van der Waals surface area (Å²) in [6.45, 7) is 1.20. The van der Waals surface area contributed by atoms with E-state index in [4.69, 9.17) is 21.1 Å². The largest absolute Gasteiger partial charge is 0.493 e. The first-order valence-corrected chi connectivity index (χ1v) is 16.7. The van der Waals surface area contributed by atoms with Crippen molar-refractivity contribution in [3.63, 3.8) is 0 Å². The molecule has 3 aromatic carbocycles. The number of carbonyl (C=O) groups is 2. The Morgan fingerprint density at radius 1 is 0.956 bits per heavy atom. The van der Waals surface area contributed by atoms with Crippen LogP contribution in [0.25, 0.3) is 0 Å². The highest BCUT2D eigenvalue weighted by Gasteiger charge is 2.35. The molecule has 0 saturated heterocycles. The molecule has 1 aliphatic carbocycles.